The number of esters is 1. The lowest BCUT2D eigenvalue weighted by Crippen LogP contribution is -2.06. The summed E-state index contributed by atoms with van der Waals surface area (Å²) in [7, 11) is 3.31. The molecule has 0 aliphatic carbocycles. The van der Waals surface area contributed by atoms with Crippen molar-refractivity contribution in [3.05, 3.63) is 47.9 Å². The molecule has 0 aliphatic rings. The highest BCUT2D eigenvalue weighted by Crippen LogP contribution is 2.32. The Morgan fingerprint density at radius 3 is 2.64 bits per heavy atom. The van der Waals surface area contributed by atoms with E-state index >= 15 is 0 Å². The standard InChI is InChI=1S/C18H18FN3O3/c1-4-25-18(23)16-14-9-15(24-3)13(20-2)10-22(14)21-17(16)11-5-7-12(19)8-6-11/h5-10,20H,4H2,1-3H3. The maximum atomic E-state index is 13.2. The lowest BCUT2D eigenvalue weighted by molar-refractivity contribution is 0.0529. The van der Waals surface area contributed by atoms with E-state index < -0.39 is 5.97 Å². The lowest BCUT2D eigenvalue weighted by Gasteiger charge is -2.09. The highest BCUT2D eigenvalue weighted by molar-refractivity contribution is 6.03. The Morgan fingerprint density at radius 2 is 2.04 bits per heavy atom. The fourth-order valence-electron chi connectivity index (χ4n) is 2.64. The average Bonchev–Trinajstić information content (AvgIpc) is 2.99. The Kier molecular flexibility index (Phi) is 4.56. The van der Waals surface area contributed by atoms with Crippen LogP contribution in [0.1, 0.15) is 17.3 Å². The number of aromatic nitrogens is 2. The van der Waals surface area contributed by atoms with Crippen molar-refractivity contribution in [2.45, 2.75) is 6.92 Å². The summed E-state index contributed by atoms with van der Waals surface area (Å²) < 4.78 is 25.4. The molecular formula is C18H18FN3O3. The number of carbonyl (C=O) groups is 1. The van der Waals surface area contributed by atoms with Crippen LogP contribution in [0.5, 0.6) is 5.75 Å². The van der Waals surface area contributed by atoms with Gasteiger partial charge in [0.2, 0.25) is 0 Å². The second kappa shape index (κ2) is 6.80. The van der Waals surface area contributed by atoms with E-state index in [9.17, 15) is 9.18 Å². The molecule has 0 aliphatic heterocycles. The summed E-state index contributed by atoms with van der Waals surface area (Å²) >= 11 is 0. The van der Waals surface area contributed by atoms with Gasteiger partial charge in [-0.15, -0.1) is 0 Å². The second-order valence-corrected chi connectivity index (χ2v) is 5.29. The zero-order valence-corrected chi connectivity index (χ0v) is 14.2. The first-order valence-electron chi connectivity index (χ1n) is 7.80. The average molecular weight is 343 g/mol. The van der Waals surface area contributed by atoms with Crippen LogP contribution in [0.3, 0.4) is 0 Å². The number of nitrogens with one attached hydrogen (secondary N) is 1. The monoisotopic (exact) mass is 343 g/mol. The first-order valence-corrected chi connectivity index (χ1v) is 7.80. The molecule has 0 fully saturated rings. The Bertz CT molecular complexity index is 919. The molecule has 0 saturated heterocycles. The van der Waals surface area contributed by atoms with Gasteiger partial charge in [0.25, 0.3) is 0 Å². The van der Waals surface area contributed by atoms with Crippen molar-refractivity contribution in [2.75, 3.05) is 26.1 Å². The molecule has 2 heterocycles. The largest absolute Gasteiger partial charge is 0.494 e. The molecule has 7 heteroatoms. The predicted octanol–water partition coefficient (Wildman–Crippen LogP) is 3.37. The maximum Gasteiger partial charge on any atom is 0.342 e. The molecule has 1 aromatic carbocycles. The highest BCUT2D eigenvalue weighted by Gasteiger charge is 2.23. The summed E-state index contributed by atoms with van der Waals surface area (Å²) in [6, 6.07) is 7.53. The van der Waals surface area contributed by atoms with Gasteiger partial charge in [-0.25, -0.2) is 13.7 Å². The summed E-state index contributed by atoms with van der Waals surface area (Å²) in [6.45, 7) is 1.98. The smallest absolute Gasteiger partial charge is 0.342 e. The van der Waals surface area contributed by atoms with Crippen LogP contribution in [0.2, 0.25) is 0 Å². The van der Waals surface area contributed by atoms with Gasteiger partial charge in [-0.05, 0) is 31.2 Å². The number of carbonyl (C=O) groups excluding carboxylic acids is 1. The number of benzene rings is 1. The van der Waals surface area contributed by atoms with Crippen LogP contribution in [0.4, 0.5) is 10.1 Å². The minimum atomic E-state index is -0.490. The van der Waals surface area contributed by atoms with Gasteiger partial charge >= 0.3 is 5.97 Å². The van der Waals surface area contributed by atoms with Crippen LogP contribution in [-0.4, -0.2) is 36.3 Å². The number of rotatable bonds is 5. The van der Waals surface area contributed by atoms with Gasteiger partial charge in [0.15, 0.2) is 0 Å². The molecule has 0 bridgehead atoms. The molecule has 0 unspecified atom stereocenters. The summed E-state index contributed by atoms with van der Waals surface area (Å²) in [4.78, 5) is 12.5. The Hall–Kier alpha value is -3.09. The van der Waals surface area contributed by atoms with Gasteiger partial charge in [0.05, 0.1) is 31.1 Å². The highest BCUT2D eigenvalue weighted by atomic mass is 19.1. The molecule has 130 valence electrons. The maximum absolute atomic E-state index is 13.2. The molecule has 6 nitrogen and oxygen atoms in total. The number of ether oxygens (including phenoxy) is 2. The third kappa shape index (κ3) is 3.00. The van der Waals surface area contributed by atoms with Crippen LogP contribution >= 0.6 is 0 Å². The van der Waals surface area contributed by atoms with Crippen LogP contribution in [0.15, 0.2) is 36.5 Å². The van der Waals surface area contributed by atoms with E-state index in [1.807, 2.05) is 0 Å². The van der Waals surface area contributed by atoms with Crippen molar-refractivity contribution < 1.29 is 18.7 Å². The summed E-state index contributed by atoms with van der Waals surface area (Å²) in [6.07, 6.45) is 1.73. The number of hydrogen-bond acceptors (Lipinski definition) is 5. The third-order valence-corrected chi connectivity index (χ3v) is 3.82. The molecule has 1 N–H and O–H groups in total. The number of hydrogen-bond donors (Lipinski definition) is 1. The molecule has 0 amide bonds. The molecular weight excluding hydrogens is 325 g/mol. The van der Waals surface area contributed by atoms with Crippen molar-refractivity contribution in [1.82, 2.24) is 9.61 Å². The molecule has 25 heavy (non-hydrogen) atoms. The molecule has 3 rings (SSSR count). The first kappa shape index (κ1) is 16.8. The summed E-state index contributed by atoms with van der Waals surface area (Å²) in [5.41, 5.74) is 2.63. The van der Waals surface area contributed by atoms with Crippen molar-refractivity contribution in [2.24, 2.45) is 0 Å². The Labute approximate surface area is 144 Å². The van der Waals surface area contributed by atoms with Crippen molar-refractivity contribution in [3.63, 3.8) is 0 Å². The number of nitrogens with zero attached hydrogens (tertiary/aromatic N) is 2. The van der Waals surface area contributed by atoms with Gasteiger partial charge in [0, 0.05) is 18.7 Å². The first-order chi connectivity index (χ1) is 12.1. The van der Waals surface area contributed by atoms with E-state index in [0.29, 0.717) is 28.1 Å². The number of methoxy groups -OCH3 is 1. The van der Waals surface area contributed by atoms with E-state index in [0.717, 1.165) is 5.69 Å². The minimum absolute atomic E-state index is 0.241. The van der Waals surface area contributed by atoms with Crippen LogP contribution in [0, 0.1) is 5.82 Å². The normalized spacial score (nSPS) is 10.7. The summed E-state index contributed by atoms with van der Waals surface area (Å²) in [5.74, 6) is -0.272. The van der Waals surface area contributed by atoms with E-state index in [1.54, 1.807) is 50.0 Å². The fraction of sp³-hybridized carbons (Fsp3) is 0.222. The molecule has 0 atom stereocenters. The number of fused-ring (bicyclic) bond motifs is 1. The molecule has 2 aromatic heterocycles. The SMILES string of the molecule is CCOC(=O)c1c(-c2ccc(F)cc2)nn2cc(NC)c(OC)cc12. The van der Waals surface area contributed by atoms with Gasteiger partial charge in [-0.1, -0.05) is 0 Å². The van der Waals surface area contributed by atoms with Gasteiger partial charge in [0.1, 0.15) is 22.8 Å². The van der Waals surface area contributed by atoms with E-state index in [4.69, 9.17) is 9.47 Å². The lowest BCUT2D eigenvalue weighted by atomic mass is 10.1. The van der Waals surface area contributed by atoms with E-state index in [2.05, 4.69) is 10.4 Å². The van der Waals surface area contributed by atoms with Crippen LogP contribution in [0.25, 0.3) is 16.8 Å². The molecule has 0 saturated carbocycles. The van der Waals surface area contributed by atoms with Gasteiger partial charge in [-0.2, -0.15) is 5.10 Å². The molecule has 0 radical (unpaired) electrons. The van der Waals surface area contributed by atoms with Crippen molar-refractivity contribution >= 4 is 17.2 Å². The molecule has 0 spiro atoms. The van der Waals surface area contributed by atoms with Crippen LogP contribution in [-0.2, 0) is 4.74 Å². The third-order valence-electron chi connectivity index (χ3n) is 3.82. The number of halogens is 1. The minimum Gasteiger partial charge on any atom is -0.494 e. The zero-order chi connectivity index (χ0) is 18.0. The van der Waals surface area contributed by atoms with E-state index in [-0.39, 0.29) is 12.4 Å². The number of pyridine rings is 1. The zero-order valence-electron chi connectivity index (χ0n) is 14.2. The van der Waals surface area contributed by atoms with Gasteiger partial charge < -0.3 is 14.8 Å². The van der Waals surface area contributed by atoms with Crippen molar-refractivity contribution in [1.29, 1.82) is 0 Å². The molecule has 3 aromatic rings. The van der Waals surface area contributed by atoms with E-state index in [1.165, 1.54) is 12.1 Å². The Morgan fingerprint density at radius 1 is 1.32 bits per heavy atom. The Balaban J connectivity index is 2.29. The fourth-order valence-corrected chi connectivity index (χ4v) is 2.64. The predicted molar refractivity (Wildman–Crippen MR) is 92.6 cm³/mol. The topological polar surface area (TPSA) is 64.9 Å². The van der Waals surface area contributed by atoms with Crippen molar-refractivity contribution in [3.8, 4) is 17.0 Å². The second-order valence-electron chi connectivity index (χ2n) is 5.29. The van der Waals surface area contributed by atoms with Gasteiger partial charge in [-0.3, -0.25) is 0 Å². The quantitative estimate of drug-likeness (QED) is 0.720. The summed E-state index contributed by atoms with van der Waals surface area (Å²) in [5, 5.41) is 7.52. The number of anilines is 1. The van der Waals surface area contributed by atoms with Crippen LogP contribution < -0.4 is 10.1 Å².